The summed E-state index contributed by atoms with van der Waals surface area (Å²) in [5, 5.41) is 0. The molecule has 4 nitrogen and oxygen atoms in total. The third-order valence-electron chi connectivity index (χ3n) is 8.42. The van der Waals surface area contributed by atoms with E-state index in [1.54, 1.807) is 24.3 Å². The average molecular weight is 599 g/mol. The van der Waals surface area contributed by atoms with E-state index in [0.717, 1.165) is 25.2 Å². The van der Waals surface area contributed by atoms with Crippen molar-refractivity contribution in [3.63, 3.8) is 0 Å². The highest BCUT2D eigenvalue weighted by molar-refractivity contribution is 5.91. The van der Waals surface area contributed by atoms with Crippen molar-refractivity contribution in [3.05, 3.63) is 65.7 Å². The van der Waals surface area contributed by atoms with Crippen molar-refractivity contribution < 1.29 is 27.8 Å². The van der Waals surface area contributed by atoms with Gasteiger partial charge in [-0.3, -0.25) is 0 Å². The van der Waals surface area contributed by atoms with E-state index in [-0.39, 0.29) is 11.5 Å². The highest BCUT2D eigenvalue weighted by Crippen LogP contribution is 2.32. The Morgan fingerprint density at radius 1 is 0.744 bits per heavy atom. The Balaban J connectivity index is 1.36. The molecule has 0 amide bonds. The van der Waals surface area contributed by atoms with Gasteiger partial charge in [0.25, 0.3) is 0 Å². The van der Waals surface area contributed by atoms with Crippen LogP contribution in [0.4, 0.5) is 8.78 Å². The van der Waals surface area contributed by atoms with Crippen LogP contribution in [0.2, 0.25) is 0 Å². The molecule has 0 aromatic heterocycles. The lowest BCUT2D eigenvalue weighted by Gasteiger charge is -2.26. The van der Waals surface area contributed by atoms with Crippen LogP contribution in [0, 0.1) is 23.5 Å². The second kappa shape index (κ2) is 20.1. The first kappa shape index (κ1) is 34.6. The largest absolute Gasteiger partial charge is 0.490 e. The van der Waals surface area contributed by atoms with Crippen molar-refractivity contribution in [2.45, 2.75) is 117 Å². The molecule has 0 saturated heterocycles. The van der Waals surface area contributed by atoms with Gasteiger partial charge in [0.05, 0.1) is 12.2 Å². The van der Waals surface area contributed by atoms with Gasteiger partial charge >= 0.3 is 5.97 Å². The fourth-order valence-corrected chi connectivity index (χ4v) is 5.73. The zero-order valence-electron chi connectivity index (χ0n) is 26.4. The average Bonchev–Trinajstić information content (AvgIpc) is 3.02. The molecule has 6 heteroatoms. The fraction of sp³-hybridized carbons (Fsp3) is 0.595. The van der Waals surface area contributed by atoms with Crippen molar-refractivity contribution in [2.24, 2.45) is 11.8 Å². The third kappa shape index (κ3) is 12.7. The van der Waals surface area contributed by atoms with Crippen LogP contribution < -0.4 is 14.2 Å². The number of ether oxygens (including phenoxy) is 3. The molecule has 0 atom stereocenters. The van der Waals surface area contributed by atoms with Crippen LogP contribution in [-0.2, 0) is 0 Å². The Labute approximate surface area is 258 Å². The molecule has 1 saturated carbocycles. The molecule has 0 bridgehead atoms. The van der Waals surface area contributed by atoms with Crippen LogP contribution in [0.15, 0.2) is 48.6 Å². The number of carbonyl (C=O) groups excluding carboxylic acids is 1. The maximum Gasteiger partial charge on any atom is 0.346 e. The predicted molar refractivity (Wildman–Crippen MR) is 170 cm³/mol. The van der Waals surface area contributed by atoms with Crippen molar-refractivity contribution in [3.8, 4) is 17.2 Å². The molecular weight excluding hydrogens is 546 g/mol. The summed E-state index contributed by atoms with van der Waals surface area (Å²) in [5.74, 6) is -1.21. The summed E-state index contributed by atoms with van der Waals surface area (Å²) < 4.78 is 45.8. The topological polar surface area (TPSA) is 44.8 Å². The van der Waals surface area contributed by atoms with Crippen LogP contribution in [0.5, 0.6) is 17.2 Å². The number of carbonyl (C=O) groups is 1. The number of hydrogen-bond acceptors (Lipinski definition) is 4. The predicted octanol–water partition coefficient (Wildman–Crippen LogP) is 11.0. The lowest BCUT2D eigenvalue weighted by atomic mass is 9.79. The van der Waals surface area contributed by atoms with Crippen molar-refractivity contribution in [2.75, 3.05) is 13.2 Å². The van der Waals surface area contributed by atoms with Crippen LogP contribution in [-0.4, -0.2) is 19.2 Å². The molecule has 0 spiro atoms. The van der Waals surface area contributed by atoms with E-state index in [4.69, 9.17) is 14.2 Å². The van der Waals surface area contributed by atoms with Crippen LogP contribution in [0.25, 0.3) is 0 Å². The highest BCUT2D eigenvalue weighted by atomic mass is 19.2. The number of hydrogen-bond donors (Lipinski definition) is 0. The Hall–Kier alpha value is -2.89. The number of unbranched alkanes of at least 4 members (excludes halogenated alkanes) is 9. The van der Waals surface area contributed by atoms with Crippen LogP contribution in [0.3, 0.4) is 0 Å². The van der Waals surface area contributed by atoms with Gasteiger partial charge in [0.2, 0.25) is 5.82 Å². The first-order valence-electron chi connectivity index (χ1n) is 16.7. The number of esters is 1. The van der Waals surface area contributed by atoms with Crippen molar-refractivity contribution >= 4 is 5.97 Å². The number of rotatable bonds is 20. The van der Waals surface area contributed by atoms with Crippen LogP contribution >= 0.6 is 0 Å². The molecule has 1 fully saturated rings. The molecule has 1 aliphatic rings. The summed E-state index contributed by atoms with van der Waals surface area (Å²) in [6, 6.07) is 9.02. The minimum atomic E-state index is -1.27. The molecule has 0 N–H and O–H groups in total. The number of halogens is 2. The fourth-order valence-electron chi connectivity index (χ4n) is 5.73. The second-order valence-electron chi connectivity index (χ2n) is 11.9. The Morgan fingerprint density at radius 2 is 1.37 bits per heavy atom. The number of allylic oxidation sites excluding steroid dienone is 1. The SMILES string of the molecule is CCCCCCCCCCOc1ccc(C(=O)Oc2ccc(OC/C=C/[C@H]3CC[C@H](CCCCC)CC3)cc2)c(F)c1F. The molecule has 0 radical (unpaired) electrons. The van der Waals surface area contributed by atoms with Gasteiger partial charge < -0.3 is 14.2 Å². The summed E-state index contributed by atoms with van der Waals surface area (Å²) in [7, 11) is 0. The minimum Gasteiger partial charge on any atom is -0.490 e. The molecule has 1 aliphatic carbocycles. The minimum absolute atomic E-state index is 0.192. The molecular formula is C37H52F2O4. The molecule has 0 aliphatic heterocycles. The summed E-state index contributed by atoms with van der Waals surface area (Å²) in [4.78, 5) is 12.5. The molecule has 0 heterocycles. The molecule has 3 rings (SSSR count). The van der Waals surface area contributed by atoms with Gasteiger partial charge in [-0.1, -0.05) is 96.6 Å². The summed E-state index contributed by atoms with van der Waals surface area (Å²) >= 11 is 0. The summed E-state index contributed by atoms with van der Waals surface area (Å²) in [5.41, 5.74) is -0.475. The lowest BCUT2D eigenvalue weighted by molar-refractivity contribution is 0.0728. The second-order valence-corrected chi connectivity index (χ2v) is 11.9. The Kier molecular flexibility index (Phi) is 16.2. The van der Waals surface area contributed by atoms with E-state index in [1.807, 2.05) is 0 Å². The maximum atomic E-state index is 14.7. The molecule has 43 heavy (non-hydrogen) atoms. The van der Waals surface area contributed by atoms with E-state index in [0.29, 0.717) is 24.9 Å². The first-order valence-corrected chi connectivity index (χ1v) is 16.7. The molecule has 2 aromatic carbocycles. The lowest BCUT2D eigenvalue weighted by Crippen LogP contribution is -2.13. The smallest absolute Gasteiger partial charge is 0.346 e. The van der Waals surface area contributed by atoms with Gasteiger partial charge in [0.15, 0.2) is 11.6 Å². The zero-order valence-corrected chi connectivity index (χ0v) is 26.4. The van der Waals surface area contributed by atoms with E-state index in [9.17, 15) is 13.6 Å². The van der Waals surface area contributed by atoms with E-state index < -0.39 is 23.2 Å². The third-order valence-corrected chi connectivity index (χ3v) is 8.42. The summed E-state index contributed by atoms with van der Waals surface area (Å²) in [6.07, 6.45) is 24.0. The van der Waals surface area contributed by atoms with Gasteiger partial charge in [-0.25, -0.2) is 9.18 Å². The van der Waals surface area contributed by atoms with E-state index >= 15 is 0 Å². The standard InChI is InChI=1S/C37H52F2O4/c1-3-5-7-8-9-10-11-13-27-42-34-26-25-33(35(38)36(34)39)37(40)43-32-23-21-31(22-24-32)41-28-14-16-30-19-17-29(18-20-30)15-12-6-4-2/h14,16,21-26,29-30H,3-13,15,17-20,27-28H2,1-2H3/b16-14+/t29-,30-. The Bertz CT molecular complexity index is 1090. The Morgan fingerprint density at radius 3 is 2.07 bits per heavy atom. The van der Waals surface area contributed by atoms with Gasteiger partial charge in [0.1, 0.15) is 18.1 Å². The van der Waals surface area contributed by atoms with Gasteiger partial charge in [-0.2, -0.15) is 4.39 Å². The highest BCUT2D eigenvalue weighted by Gasteiger charge is 2.21. The van der Waals surface area contributed by atoms with Crippen molar-refractivity contribution in [1.29, 1.82) is 0 Å². The van der Waals surface area contributed by atoms with Gasteiger partial charge in [-0.15, -0.1) is 0 Å². The maximum absolute atomic E-state index is 14.7. The number of benzene rings is 2. The monoisotopic (exact) mass is 598 g/mol. The first-order chi connectivity index (χ1) is 21.0. The molecule has 238 valence electrons. The van der Waals surface area contributed by atoms with Gasteiger partial charge in [0, 0.05) is 0 Å². The normalized spacial score (nSPS) is 16.8. The molecule has 2 aromatic rings. The van der Waals surface area contributed by atoms with Crippen LogP contribution in [0.1, 0.15) is 127 Å². The van der Waals surface area contributed by atoms with Gasteiger partial charge in [-0.05, 0) is 80.3 Å². The molecule has 0 unspecified atom stereocenters. The summed E-state index contributed by atoms with van der Waals surface area (Å²) in [6.45, 7) is 5.23. The zero-order chi connectivity index (χ0) is 30.7. The quantitative estimate of drug-likeness (QED) is 0.0658. The van der Waals surface area contributed by atoms with E-state index in [2.05, 4.69) is 26.0 Å². The van der Waals surface area contributed by atoms with E-state index in [1.165, 1.54) is 95.6 Å². The van der Waals surface area contributed by atoms with Crippen molar-refractivity contribution in [1.82, 2.24) is 0 Å².